The molecule has 0 bridgehead atoms. The zero-order valence-corrected chi connectivity index (χ0v) is 6.69. The summed E-state index contributed by atoms with van der Waals surface area (Å²) in [6.45, 7) is 0.972. The largest absolute Gasteiger partial charge is 2.00 e. The van der Waals surface area contributed by atoms with Crippen LogP contribution in [0.1, 0.15) is 6.92 Å². The second-order valence-corrected chi connectivity index (χ2v) is 0.492. The molecule has 0 aromatic heterocycles. The topological polar surface area (TPSA) is 229 Å². The second-order valence-electron chi connectivity index (χ2n) is 0.492. The summed E-state index contributed by atoms with van der Waals surface area (Å²) < 4.78 is 0. The van der Waals surface area contributed by atoms with Gasteiger partial charge < -0.3 is 42.8 Å². The minimum atomic E-state index is -1.08. The van der Waals surface area contributed by atoms with E-state index in [0.29, 0.717) is 0 Å². The minimum absolute atomic E-state index is 0. The van der Waals surface area contributed by atoms with Crippen LogP contribution in [0.2, 0.25) is 0 Å². The first-order chi connectivity index (χ1) is 1.73. The third kappa shape index (κ3) is 8390. The number of aliphatic carboxylic acids is 1. The number of rotatable bonds is 0. The quantitative estimate of drug-likeness (QED) is 0.392. The van der Waals surface area contributed by atoms with Crippen LogP contribution in [0.3, 0.4) is 0 Å². The molecule has 0 aliphatic rings. The molecule has 0 atom stereocenters. The molecule has 0 fully saturated rings. The van der Waals surface area contributed by atoms with Crippen molar-refractivity contribution in [3.8, 4) is 0 Å². The Morgan fingerprint density at radius 2 is 0.909 bits per heavy atom. The fraction of sp³-hybridized carbons (Fsp3) is 0.500. The average Bonchev–Trinajstić information content (AvgIpc) is 0.811. The Kier molecular flexibility index (Phi) is 1230. The van der Waals surface area contributed by atoms with Crippen LogP contribution in [-0.4, -0.2) is 38.8 Å². The molecule has 12 N–H and O–H groups in total. The minimum Gasteiger partial charge on any atom is -0.550 e. The maximum absolute atomic E-state index is 8.89. The predicted octanol–water partition coefficient (Wildman–Crippen LogP) is -6.19. The number of hydrogen-bond acceptors (Lipinski definition) is 2. The molecule has 0 amide bonds. The van der Waals surface area contributed by atoms with Crippen molar-refractivity contribution in [3.05, 3.63) is 0 Å². The van der Waals surface area contributed by atoms with Gasteiger partial charge in [-0.3, -0.25) is 0 Å². The predicted molar refractivity (Wildman–Crippen MR) is 32.4 cm³/mol. The molecular formula is C2H15CoO8+. The van der Waals surface area contributed by atoms with Gasteiger partial charge in [0.15, 0.2) is 0 Å². The summed E-state index contributed by atoms with van der Waals surface area (Å²) in [4.78, 5) is 8.89. The van der Waals surface area contributed by atoms with Gasteiger partial charge in [0, 0.05) is 5.97 Å². The second kappa shape index (κ2) is 99.2. The molecule has 0 heterocycles. The monoisotopic (exact) mass is 226 g/mol. The van der Waals surface area contributed by atoms with Gasteiger partial charge in [-0.25, -0.2) is 0 Å². The zero-order valence-electron chi connectivity index (χ0n) is 5.65. The molecular weight excluding hydrogens is 211 g/mol. The van der Waals surface area contributed by atoms with E-state index in [4.69, 9.17) is 9.90 Å². The van der Waals surface area contributed by atoms with Crippen molar-refractivity contribution >= 4 is 5.97 Å². The van der Waals surface area contributed by atoms with Gasteiger partial charge in [0.1, 0.15) is 0 Å². The van der Waals surface area contributed by atoms with Crippen LogP contribution in [0.5, 0.6) is 0 Å². The zero-order chi connectivity index (χ0) is 3.58. The van der Waals surface area contributed by atoms with Crippen LogP contribution in [0, 0.1) is 0 Å². The fourth-order valence-electron chi connectivity index (χ4n) is 0. The Bertz CT molecular complexity index is 35.1. The molecule has 0 saturated carbocycles. The van der Waals surface area contributed by atoms with E-state index in [9.17, 15) is 0 Å². The number of carbonyl (C=O) groups excluding carboxylic acids is 1. The first-order valence-corrected chi connectivity index (χ1v) is 0.908. The fourth-order valence-corrected chi connectivity index (χ4v) is 0. The van der Waals surface area contributed by atoms with Crippen molar-refractivity contribution in [3.63, 3.8) is 0 Å². The van der Waals surface area contributed by atoms with Crippen LogP contribution >= 0.6 is 0 Å². The van der Waals surface area contributed by atoms with E-state index < -0.39 is 5.97 Å². The molecule has 0 unspecified atom stereocenters. The van der Waals surface area contributed by atoms with Crippen molar-refractivity contribution in [2.24, 2.45) is 0 Å². The van der Waals surface area contributed by atoms with Gasteiger partial charge in [-0.15, -0.1) is 0 Å². The van der Waals surface area contributed by atoms with Gasteiger partial charge in [0.05, 0.1) is 0 Å². The standard InChI is InChI=1S/C2H4O2.Co.6H2O/c1-2(3)4;;;;;;;/h1H3,(H,3,4);;6*1H2/q;+2;;;;;;/p-1. The molecule has 1 radical (unpaired) electrons. The Balaban J connectivity index is -0.00000000214. The van der Waals surface area contributed by atoms with Gasteiger partial charge in [-0.2, -0.15) is 0 Å². The molecule has 0 aromatic rings. The third-order valence-electron chi connectivity index (χ3n) is 0. The van der Waals surface area contributed by atoms with E-state index in [1.54, 1.807) is 0 Å². The Morgan fingerprint density at radius 3 is 0.909 bits per heavy atom. The van der Waals surface area contributed by atoms with E-state index in [-0.39, 0.29) is 49.6 Å². The van der Waals surface area contributed by atoms with E-state index in [1.807, 2.05) is 0 Å². The summed E-state index contributed by atoms with van der Waals surface area (Å²) in [5, 5.41) is 8.89. The van der Waals surface area contributed by atoms with E-state index >= 15 is 0 Å². The molecule has 0 rings (SSSR count). The SMILES string of the molecule is CC(=O)[O-].O.O.O.O.O.O.[Co+2]. The Hall–Kier alpha value is -0.264. The molecule has 8 nitrogen and oxygen atoms in total. The maximum Gasteiger partial charge on any atom is 2.00 e. The first kappa shape index (κ1) is 136. The van der Waals surface area contributed by atoms with Gasteiger partial charge >= 0.3 is 16.8 Å². The summed E-state index contributed by atoms with van der Waals surface area (Å²) in [5.74, 6) is -1.08. The first-order valence-electron chi connectivity index (χ1n) is 0.908. The van der Waals surface area contributed by atoms with Gasteiger partial charge in [0.2, 0.25) is 0 Å². The third-order valence-corrected chi connectivity index (χ3v) is 0. The number of carboxylic acid groups (broad SMARTS) is 1. The van der Waals surface area contributed by atoms with E-state index in [2.05, 4.69) is 0 Å². The number of carbonyl (C=O) groups is 1. The summed E-state index contributed by atoms with van der Waals surface area (Å²) in [6, 6.07) is 0. The van der Waals surface area contributed by atoms with Gasteiger partial charge in [0.25, 0.3) is 0 Å². The van der Waals surface area contributed by atoms with Gasteiger partial charge in [-0.1, -0.05) is 0 Å². The van der Waals surface area contributed by atoms with Crippen LogP contribution in [0.15, 0.2) is 0 Å². The molecule has 11 heavy (non-hydrogen) atoms. The van der Waals surface area contributed by atoms with Crippen LogP contribution in [0.25, 0.3) is 0 Å². The molecule has 79 valence electrons. The van der Waals surface area contributed by atoms with Crippen molar-refractivity contribution in [2.75, 3.05) is 0 Å². The van der Waals surface area contributed by atoms with Crippen LogP contribution in [-0.2, 0) is 21.6 Å². The normalized spacial score (nSPS) is 2.27. The van der Waals surface area contributed by atoms with E-state index in [0.717, 1.165) is 6.92 Å². The average molecular weight is 226 g/mol. The molecule has 0 aromatic carbocycles. The van der Waals surface area contributed by atoms with Crippen LogP contribution < -0.4 is 5.11 Å². The van der Waals surface area contributed by atoms with Crippen molar-refractivity contribution in [2.45, 2.75) is 6.92 Å². The molecule has 0 saturated heterocycles. The van der Waals surface area contributed by atoms with E-state index in [1.165, 1.54) is 0 Å². The number of carboxylic acids is 1. The Labute approximate surface area is 73.3 Å². The van der Waals surface area contributed by atoms with Crippen molar-refractivity contribution in [1.29, 1.82) is 0 Å². The van der Waals surface area contributed by atoms with Gasteiger partial charge in [-0.05, 0) is 6.92 Å². The summed E-state index contributed by atoms with van der Waals surface area (Å²) >= 11 is 0. The van der Waals surface area contributed by atoms with Crippen molar-refractivity contribution in [1.82, 2.24) is 0 Å². The summed E-state index contributed by atoms with van der Waals surface area (Å²) in [7, 11) is 0. The van der Waals surface area contributed by atoms with Crippen LogP contribution in [0.4, 0.5) is 0 Å². The summed E-state index contributed by atoms with van der Waals surface area (Å²) in [6.07, 6.45) is 0. The smallest absolute Gasteiger partial charge is 0.550 e. The molecule has 0 spiro atoms. The summed E-state index contributed by atoms with van der Waals surface area (Å²) in [5.41, 5.74) is 0. The van der Waals surface area contributed by atoms with Crippen molar-refractivity contribution < 1.29 is 59.5 Å². The molecule has 9 heteroatoms. The Morgan fingerprint density at radius 1 is 0.909 bits per heavy atom. The molecule has 0 aliphatic heterocycles. The maximum atomic E-state index is 8.89. The molecule has 0 aliphatic carbocycles. The number of hydrogen-bond donors (Lipinski definition) is 0.